The van der Waals surface area contributed by atoms with Crippen LogP contribution in [0.2, 0.25) is 15.1 Å². The molecule has 0 aliphatic carbocycles. The molecule has 0 saturated heterocycles. The first kappa shape index (κ1) is 15.7. The van der Waals surface area contributed by atoms with Crippen LogP contribution in [-0.2, 0) is 0 Å². The number of hydrogen-bond acceptors (Lipinski definition) is 4. The summed E-state index contributed by atoms with van der Waals surface area (Å²) in [7, 11) is 0. The van der Waals surface area contributed by atoms with E-state index in [9.17, 15) is 0 Å². The maximum Gasteiger partial charge on any atom is 0.230 e. The second kappa shape index (κ2) is 6.39. The Hall–Kier alpha value is -1.69. The van der Waals surface area contributed by atoms with Crippen LogP contribution in [0.25, 0.3) is 0 Å². The summed E-state index contributed by atoms with van der Waals surface area (Å²) in [4.78, 5) is 4.20. The van der Waals surface area contributed by atoms with Crippen LogP contribution in [0.5, 0.6) is 11.6 Å². The van der Waals surface area contributed by atoms with Crippen molar-refractivity contribution in [1.29, 1.82) is 0 Å². The van der Waals surface area contributed by atoms with Gasteiger partial charge in [-0.05, 0) is 25.1 Å². The van der Waals surface area contributed by atoms with Gasteiger partial charge in [-0.3, -0.25) is 0 Å². The number of oxime groups is 1. The van der Waals surface area contributed by atoms with Gasteiger partial charge in [0.05, 0.1) is 20.6 Å². The number of ether oxygens (including phenoxy) is 1. The van der Waals surface area contributed by atoms with Gasteiger partial charge in [-0.2, -0.15) is 0 Å². The van der Waals surface area contributed by atoms with Crippen molar-refractivity contribution in [1.82, 2.24) is 4.98 Å². The number of pyridine rings is 1. The van der Waals surface area contributed by atoms with Gasteiger partial charge in [0.1, 0.15) is 5.75 Å². The zero-order chi connectivity index (χ0) is 15.6. The average molecular weight is 347 g/mol. The molecule has 0 amide bonds. The number of hydrogen-bond donors (Lipinski definition) is 2. The van der Waals surface area contributed by atoms with Crippen molar-refractivity contribution < 1.29 is 9.94 Å². The molecular formula is C13H10Cl3N3O2. The molecule has 1 aromatic carbocycles. The Bertz CT molecular complexity index is 720. The molecule has 0 radical (unpaired) electrons. The molecular weight excluding hydrogens is 337 g/mol. The SMILES string of the molecule is Cc1ccc(C(N)=NO)c(Oc2cc(Cl)c(Cl)cc2Cl)n1. The number of halogens is 3. The zero-order valence-corrected chi connectivity index (χ0v) is 13.0. The minimum atomic E-state index is -0.131. The number of benzene rings is 1. The summed E-state index contributed by atoms with van der Waals surface area (Å²) in [5.41, 5.74) is 6.61. The Morgan fingerprint density at radius 3 is 2.52 bits per heavy atom. The Morgan fingerprint density at radius 1 is 1.19 bits per heavy atom. The predicted octanol–water partition coefficient (Wildman–Crippen LogP) is 4.24. The van der Waals surface area contributed by atoms with Crippen molar-refractivity contribution in [3.8, 4) is 11.6 Å². The fraction of sp³-hybridized carbons (Fsp3) is 0.0769. The van der Waals surface area contributed by atoms with Gasteiger partial charge in [-0.1, -0.05) is 40.0 Å². The monoisotopic (exact) mass is 345 g/mol. The predicted molar refractivity (Wildman–Crippen MR) is 83.0 cm³/mol. The third-order valence-electron chi connectivity index (χ3n) is 2.56. The summed E-state index contributed by atoms with van der Waals surface area (Å²) in [6.45, 7) is 1.78. The first-order valence-electron chi connectivity index (χ1n) is 5.70. The van der Waals surface area contributed by atoms with Crippen LogP contribution in [0.15, 0.2) is 29.4 Å². The van der Waals surface area contributed by atoms with Gasteiger partial charge in [0.15, 0.2) is 5.84 Å². The molecule has 0 fully saturated rings. The number of rotatable bonds is 3. The molecule has 1 heterocycles. The Morgan fingerprint density at radius 2 is 1.86 bits per heavy atom. The summed E-state index contributed by atoms with van der Waals surface area (Å²) in [6.07, 6.45) is 0. The number of aromatic nitrogens is 1. The fourth-order valence-electron chi connectivity index (χ4n) is 1.55. The molecule has 21 heavy (non-hydrogen) atoms. The molecule has 0 saturated carbocycles. The van der Waals surface area contributed by atoms with E-state index in [-0.39, 0.29) is 27.5 Å². The fourth-order valence-corrected chi connectivity index (χ4v) is 2.12. The van der Waals surface area contributed by atoms with Crippen molar-refractivity contribution >= 4 is 40.6 Å². The Labute approximate surface area is 135 Å². The largest absolute Gasteiger partial charge is 0.437 e. The summed E-state index contributed by atoms with van der Waals surface area (Å²) < 4.78 is 5.62. The smallest absolute Gasteiger partial charge is 0.230 e. The number of nitrogens with two attached hydrogens (primary N) is 1. The number of nitrogens with zero attached hydrogens (tertiary/aromatic N) is 2. The molecule has 0 bridgehead atoms. The molecule has 1 aromatic heterocycles. The lowest BCUT2D eigenvalue weighted by Gasteiger charge is -2.12. The van der Waals surface area contributed by atoms with Crippen LogP contribution < -0.4 is 10.5 Å². The molecule has 0 atom stereocenters. The first-order chi connectivity index (χ1) is 9.92. The summed E-state index contributed by atoms with van der Waals surface area (Å²) in [5, 5.41) is 12.6. The Kier molecular flexibility index (Phi) is 4.77. The van der Waals surface area contributed by atoms with E-state index < -0.39 is 0 Å². The lowest BCUT2D eigenvalue weighted by Crippen LogP contribution is -2.15. The van der Waals surface area contributed by atoms with Gasteiger partial charge in [0, 0.05) is 11.8 Å². The van der Waals surface area contributed by atoms with E-state index in [1.807, 2.05) is 0 Å². The maximum atomic E-state index is 8.80. The molecule has 0 aliphatic heterocycles. The van der Waals surface area contributed by atoms with Gasteiger partial charge in [0.2, 0.25) is 5.88 Å². The molecule has 0 aliphatic rings. The second-order valence-electron chi connectivity index (χ2n) is 4.09. The summed E-state index contributed by atoms with van der Waals surface area (Å²) in [6, 6.07) is 6.25. The van der Waals surface area contributed by atoms with Crippen molar-refractivity contribution in [2.75, 3.05) is 0 Å². The molecule has 2 rings (SSSR count). The summed E-state index contributed by atoms with van der Waals surface area (Å²) >= 11 is 17.8. The molecule has 2 aromatic rings. The first-order valence-corrected chi connectivity index (χ1v) is 6.83. The van der Waals surface area contributed by atoms with E-state index in [4.69, 9.17) is 50.5 Å². The van der Waals surface area contributed by atoms with Gasteiger partial charge in [-0.15, -0.1) is 0 Å². The molecule has 5 nitrogen and oxygen atoms in total. The van der Waals surface area contributed by atoms with Crippen molar-refractivity contribution in [2.45, 2.75) is 6.92 Å². The van der Waals surface area contributed by atoms with Crippen LogP contribution in [-0.4, -0.2) is 16.0 Å². The lowest BCUT2D eigenvalue weighted by atomic mass is 10.2. The second-order valence-corrected chi connectivity index (χ2v) is 5.31. The van der Waals surface area contributed by atoms with Gasteiger partial charge < -0.3 is 15.7 Å². The quantitative estimate of drug-likeness (QED) is 0.286. The molecule has 3 N–H and O–H groups in total. The number of aryl methyl sites for hydroxylation is 1. The zero-order valence-electron chi connectivity index (χ0n) is 10.8. The normalized spacial score (nSPS) is 11.5. The minimum absolute atomic E-state index is 0.131. The van der Waals surface area contributed by atoms with E-state index in [0.29, 0.717) is 16.3 Å². The standard InChI is InChI=1S/C13H10Cl3N3O2/c1-6-2-3-7(12(17)19-20)13(18-6)21-11-5-9(15)8(14)4-10(11)16/h2-5,20H,1H3,(H2,17,19). The van der Waals surface area contributed by atoms with Gasteiger partial charge >= 0.3 is 0 Å². The van der Waals surface area contributed by atoms with Crippen LogP contribution in [0.4, 0.5) is 0 Å². The molecule has 8 heteroatoms. The average Bonchev–Trinajstić information content (AvgIpc) is 2.44. The third-order valence-corrected chi connectivity index (χ3v) is 3.58. The summed E-state index contributed by atoms with van der Waals surface area (Å²) in [5.74, 6) is 0.274. The minimum Gasteiger partial charge on any atom is -0.437 e. The highest BCUT2D eigenvalue weighted by atomic mass is 35.5. The topological polar surface area (TPSA) is 80.7 Å². The van der Waals surface area contributed by atoms with Gasteiger partial charge in [-0.25, -0.2) is 4.98 Å². The highest BCUT2D eigenvalue weighted by Gasteiger charge is 2.14. The van der Waals surface area contributed by atoms with E-state index >= 15 is 0 Å². The molecule has 0 spiro atoms. The number of amidine groups is 1. The maximum absolute atomic E-state index is 8.80. The van der Waals surface area contributed by atoms with E-state index in [1.165, 1.54) is 12.1 Å². The van der Waals surface area contributed by atoms with E-state index in [0.717, 1.165) is 0 Å². The lowest BCUT2D eigenvalue weighted by molar-refractivity contribution is 0.318. The van der Waals surface area contributed by atoms with Crippen molar-refractivity contribution in [3.05, 3.63) is 50.6 Å². The van der Waals surface area contributed by atoms with E-state index in [2.05, 4.69) is 10.1 Å². The Balaban J connectivity index is 2.49. The van der Waals surface area contributed by atoms with Crippen LogP contribution in [0, 0.1) is 6.92 Å². The van der Waals surface area contributed by atoms with Gasteiger partial charge in [0.25, 0.3) is 0 Å². The highest BCUT2D eigenvalue weighted by Crippen LogP contribution is 2.36. The highest BCUT2D eigenvalue weighted by molar-refractivity contribution is 6.43. The van der Waals surface area contributed by atoms with Crippen LogP contribution in [0.3, 0.4) is 0 Å². The molecule has 110 valence electrons. The van der Waals surface area contributed by atoms with Crippen molar-refractivity contribution in [2.24, 2.45) is 10.9 Å². The third kappa shape index (κ3) is 3.50. The van der Waals surface area contributed by atoms with Crippen LogP contribution in [0.1, 0.15) is 11.3 Å². The molecule has 0 unspecified atom stereocenters. The van der Waals surface area contributed by atoms with E-state index in [1.54, 1.807) is 19.1 Å². The van der Waals surface area contributed by atoms with Crippen LogP contribution >= 0.6 is 34.8 Å². The van der Waals surface area contributed by atoms with Crippen molar-refractivity contribution in [3.63, 3.8) is 0 Å².